The highest BCUT2D eigenvalue weighted by Gasteiger charge is 2.37. The number of rotatable bonds is 4. The van der Waals surface area contributed by atoms with Gasteiger partial charge in [-0.1, -0.05) is 24.3 Å². The average Bonchev–Trinajstić information content (AvgIpc) is 3.16. The molecule has 0 fully saturated rings. The Hall–Kier alpha value is -3.66. The summed E-state index contributed by atoms with van der Waals surface area (Å²) in [6.45, 7) is 0. The minimum Gasteiger partial charge on any atom is -0.444 e. The quantitative estimate of drug-likeness (QED) is 0.454. The third kappa shape index (κ3) is 3.45. The molecule has 0 aliphatic carbocycles. The van der Waals surface area contributed by atoms with Crippen molar-refractivity contribution in [3.05, 3.63) is 92.3 Å². The molecule has 2 N–H and O–H groups in total. The molecule has 0 spiro atoms. The van der Waals surface area contributed by atoms with Crippen molar-refractivity contribution in [1.82, 2.24) is 10.4 Å². The normalized spacial score (nSPS) is 15.4. The molecule has 0 radical (unpaired) electrons. The molecule has 0 saturated heterocycles. The maximum absolute atomic E-state index is 13.1. The summed E-state index contributed by atoms with van der Waals surface area (Å²) in [4.78, 5) is 36.7. The Bertz CT molecular complexity index is 1130. The number of fused-ring (bicyclic) bond motifs is 1. The van der Waals surface area contributed by atoms with E-state index >= 15 is 0 Å². The van der Waals surface area contributed by atoms with Gasteiger partial charge in [-0.05, 0) is 46.3 Å². The minimum absolute atomic E-state index is 0.0233. The summed E-state index contributed by atoms with van der Waals surface area (Å²) in [6, 6.07) is 15.7. The fraction of sp³-hybridized carbons (Fsp3) is 0.0526. The SMILES string of the molecule is O=C(NN1C(=O)c2ccccc2N[C@H]1c1ccccc1[N+](=O)[O-])c1ccc(Br)o1. The molecule has 2 aromatic carbocycles. The maximum atomic E-state index is 13.1. The summed E-state index contributed by atoms with van der Waals surface area (Å²) in [6.07, 6.45) is -0.999. The molecule has 0 bridgehead atoms. The zero-order valence-electron chi connectivity index (χ0n) is 14.7. The van der Waals surface area contributed by atoms with Gasteiger partial charge in [0.1, 0.15) is 0 Å². The van der Waals surface area contributed by atoms with Crippen molar-refractivity contribution < 1.29 is 18.9 Å². The fourth-order valence-electron chi connectivity index (χ4n) is 3.07. The van der Waals surface area contributed by atoms with Gasteiger partial charge >= 0.3 is 5.91 Å². The van der Waals surface area contributed by atoms with Crippen LogP contribution in [0.15, 0.2) is 69.8 Å². The van der Waals surface area contributed by atoms with Crippen LogP contribution in [0.3, 0.4) is 0 Å². The number of furan rings is 1. The molecule has 2 amide bonds. The lowest BCUT2D eigenvalue weighted by molar-refractivity contribution is -0.385. The van der Waals surface area contributed by atoms with Crippen LogP contribution in [0.25, 0.3) is 0 Å². The van der Waals surface area contributed by atoms with Gasteiger partial charge in [0.15, 0.2) is 16.6 Å². The summed E-state index contributed by atoms with van der Waals surface area (Å²) in [5.41, 5.74) is 3.37. The number of nitrogens with zero attached hydrogens (tertiary/aromatic N) is 2. The summed E-state index contributed by atoms with van der Waals surface area (Å²) < 4.78 is 5.59. The maximum Gasteiger partial charge on any atom is 0.305 e. The van der Waals surface area contributed by atoms with Gasteiger partial charge in [0, 0.05) is 11.8 Å². The Balaban J connectivity index is 1.78. The third-order valence-corrected chi connectivity index (χ3v) is 4.80. The number of benzene rings is 2. The van der Waals surface area contributed by atoms with Crippen LogP contribution in [-0.4, -0.2) is 21.7 Å². The molecular formula is C19H13BrN4O5. The smallest absolute Gasteiger partial charge is 0.305 e. The first kappa shape index (κ1) is 18.7. The zero-order chi connectivity index (χ0) is 20.5. The number of hydrazine groups is 1. The highest BCUT2D eigenvalue weighted by molar-refractivity contribution is 9.10. The number of halogens is 1. The monoisotopic (exact) mass is 456 g/mol. The summed E-state index contributed by atoms with van der Waals surface area (Å²) in [5.74, 6) is -1.21. The molecule has 9 nitrogen and oxygen atoms in total. The zero-order valence-corrected chi connectivity index (χ0v) is 16.3. The summed E-state index contributed by atoms with van der Waals surface area (Å²) >= 11 is 3.12. The van der Waals surface area contributed by atoms with Gasteiger partial charge in [-0.15, -0.1) is 0 Å². The second kappa shape index (κ2) is 7.40. The molecule has 1 aliphatic rings. The van der Waals surface area contributed by atoms with E-state index in [1.54, 1.807) is 36.4 Å². The number of nitro benzene ring substituents is 1. The van der Waals surface area contributed by atoms with Crippen LogP contribution < -0.4 is 10.7 Å². The molecule has 10 heteroatoms. The number of anilines is 1. The lowest BCUT2D eigenvalue weighted by Gasteiger charge is -2.37. The van der Waals surface area contributed by atoms with E-state index in [-0.39, 0.29) is 17.0 Å². The Labute approximate surface area is 172 Å². The molecular weight excluding hydrogens is 444 g/mol. The van der Waals surface area contributed by atoms with Gasteiger partial charge < -0.3 is 9.73 Å². The molecule has 1 aliphatic heterocycles. The van der Waals surface area contributed by atoms with Crippen LogP contribution in [0.2, 0.25) is 0 Å². The van der Waals surface area contributed by atoms with Crippen molar-refractivity contribution in [3.8, 4) is 0 Å². The van der Waals surface area contributed by atoms with Gasteiger partial charge in [-0.3, -0.25) is 25.1 Å². The number of para-hydroxylation sites is 2. The topological polar surface area (TPSA) is 118 Å². The van der Waals surface area contributed by atoms with Crippen LogP contribution in [-0.2, 0) is 0 Å². The second-order valence-electron chi connectivity index (χ2n) is 6.13. The second-order valence-corrected chi connectivity index (χ2v) is 6.91. The molecule has 146 valence electrons. The molecule has 0 unspecified atom stereocenters. The van der Waals surface area contributed by atoms with E-state index < -0.39 is 22.9 Å². The predicted molar refractivity (Wildman–Crippen MR) is 106 cm³/mol. The molecule has 29 heavy (non-hydrogen) atoms. The van der Waals surface area contributed by atoms with Crippen molar-refractivity contribution in [3.63, 3.8) is 0 Å². The van der Waals surface area contributed by atoms with Crippen LogP contribution in [0, 0.1) is 10.1 Å². The number of nitro groups is 1. The predicted octanol–water partition coefficient (Wildman–Crippen LogP) is 3.86. The largest absolute Gasteiger partial charge is 0.444 e. The highest BCUT2D eigenvalue weighted by atomic mass is 79.9. The van der Waals surface area contributed by atoms with Crippen LogP contribution >= 0.6 is 15.9 Å². The number of hydrogen-bond acceptors (Lipinski definition) is 6. The van der Waals surface area contributed by atoms with E-state index in [4.69, 9.17) is 4.42 Å². The molecule has 0 saturated carbocycles. The van der Waals surface area contributed by atoms with E-state index in [0.717, 1.165) is 5.01 Å². The number of carbonyl (C=O) groups is 2. The average molecular weight is 457 g/mol. The van der Waals surface area contributed by atoms with Crippen molar-refractivity contribution in [2.45, 2.75) is 6.17 Å². The van der Waals surface area contributed by atoms with Crippen molar-refractivity contribution in [2.24, 2.45) is 0 Å². The van der Waals surface area contributed by atoms with Crippen molar-refractivity contribution >= 4 is 39.1 Å². The van der Waals surface area contributed by atoms with E-state index in [1.807, 2.05) is 0 Å². The van der Waals surface area contributed by atoms with E-state index in [2.05, 4.69) is 26.7 Å². The van der Waals surface area contributed by atoms with Crippen molar-refractivity contribution in [2.75, 3.05) is 5.32 Å². The van der Waals surface area contributed by atoms with Gasteiger partial charge in [0.25, 0.3) is 11.6 Å². The Morgan fingerprint density at radius 3 is 2.59 bits per heavy atom. The minimum atomic E-state index is -0.999. The Kier molecular flexibility index (Phi) is 4.77. The number of amides is 2. The van der Waals surface area contributed by atoms with Crippen LogP contribution in [0.5, 0.6) is 0 Å². The number of hydrogen-bond donors (Lipinski definition) is 2. The lowest BCUT2D eigenvalue weighted by Crippen LogP contribution is -2.52. The van der Waals surface area contributed by atoms with Crippen molar-refractivity contribution in [1.29, 1.82) is 0 Å². The van der Waals surface area contributed by atoms with E-state index in [9.17, 15) is 19.7 Å². The Morgan fingerprint density at radius 2 is 1.86 bits per heavy atom. The lowest BCUT2D eigenvalue weighted by atomic mass is 10.0. The van der Waals surface area contributed by atoms with Crippen LogP contribution in [0.4, 0.5) is 11.4 Å². The van der Waals surface area contributed by atoms with Gasteiger partial charge in [-0.2, -0.15) is 0 Å². The third-order valence-electron chi connectivity index (χ3n) is 4.37. The Morgan fingerprint density at radius 1 is 1.14 bits per heavy atom. The molecule has 1 atom stereocenters. The molecule has 3 aromatic rings. The van der Waals surface area contributed by atoms with E-state index in [1.165, 1.54) is 24.3 Å². The first-order valence-corrected chi connectivity index (χ1v) is 9.24. The first-order chi connectivity index (χ1) is 14.0. The standard InChI is InChI=1S/C19H13BrN4O5/c20-16-10-9-15(29-16)18(25)22-23-17(12-6-2-4-8-14(12)24(27)28)21-13-7-3-1-5-11(13)19(23)26/h1-10,17,21H,(H,22,25)/t17-/m1/s1. The van der Waals surface area contributed by atoms with Gasteiger partial charge in [0.2, 0.25) is 0 Å². The summed E-state index contributed by atoms with van der Waals surface area (Å²) in [7, 11) is 0. The number of carbonyl (C=O) groups excluding carboxylic acids is 2. The van der Waals surface area contributed by atoms with Gasteiger partial charge in [0.05, 0.1) is 16.1 Å². The highest BCUT2D eigenvalue weighted by Crippen LogP contribution is 2.35. The number of nitrogens with one attached hydrogen (secondary N) is 2. The van der Waals surface area contributed by atoms with Gasteiger partial charge in [-0.25, -0.2) is 5.01 Å². The molecule has 2 heterocycles. The molecule has 1 aromatic heterocycles. The molecule has 4 rings (SSSR count). The van der Waals surface area contributed by atoms with E-state index in [0.29, 0.717) is 15.9 Å². The summed E-state index contributed by atoms with van der Waals surface area (Å²) in [5, 5.41) is 15.6. The fourth-order valence-corrected chi connectivity index (χ4v) is 3.38. The first-order valence-electron chi connectivity index (χ1n) is 8.44. The van der Waals surface area contributed by atoms with Crippen LogP contribution in [0.1, 0.15) is 32.6 Å².